The molecule has 0 unspecified atom stereocenters. The van der Waals surface area contributed by atoms with Gasteiger partial charge in [-0.05, 0) is 31.5 Å². The maximum Gasteiger partial charge on any atom is 0.410 e. The van der Waals surface area contributed by atoms with Crippen LogP contribution < -0.4 is 4.90 Å². The molecule has 1 atom stereocenters. The number of piperazine rings is 1. The Hall–Kier alpha value is -3.95. The van der Waals surface area contributed by atoms with Gasteiger partial charge in [-0.3, -0.25) is 9.67 Å². The van der Waals surface area contributed by atoms with Crippen molar-refractivity contribution in [3.8, 4) is 11.1 Å². The van der Waals surface area contributed by atoms with Gasteiger partial charge in [0.2, 0.25) is 0 Å². The van der Waals surface area contributed by atoms with Crippen LogP contribution in [0.15, 0.2) is 49.2 Å². The number of anilines is 1. The van der Waals surface area contributed by atoms with E-state index >= 15 is 0 Å². The van der Waals surface area contributed by atoms with Crippen LogP contribution in [0.2, 0.25) is 0 Å². The van der Waals surface area contributed by atoms with Gasteiger partial charge in [0.05, 0.1) is 24.3 Å². The number of nitrogens with zero attached hydrogens (tertiary/aromatic N) is 8. The fourth-order valence-electron chi connectivity index (χ4n) is 3.93. The number of aromatic nitrogens is 6. The first-order chi connectivity index (χ1) is 16.0. The van der Waals surface area contributed by atoms with Crippen molar-refractivity contribution < 1.29 is 9.53 Å². The van der Waals surface area contributed by atoms with Crippen LogP contribution in [-0.4, -0.2) is 66.5 Å². The van der Waals surface area contributed by atoms with Gasteiger partial charge in [0.25, 0.3) is 0 Å². The van der Waals surface area contributed by atoms with Gasteiger partial charge in [0.1, 0.15) is 6.10 Å². The van der Waals surface area contributed by atoms with Crippen LogP contribution >= 0.6 is 0 Å². The SMILES string of the molecule is Cc1ccc([C@@H](C)OC(=O)N2CCN(c3cnc4cc(-c5cnn(C)c5)cnn34)CC2)nc1. The lowest BCUT2D eigenvalue weighted by atomic mass is 10.2. The normalized spacial score (nSPS) is 15.1. The summed E-state index contributed by atoms with van der Waals surface area (Å²) >= 11 is 0. The Morgan fingerprint density at radius 3 is 2.48 bits per heavy atom. The Morgan fingerprint density at radius 2 is 1.79 bits per heavy atom. The smallest absolute Gasteiger partial charge is 0.410 e. The summed E-state index contributed by atoms with van der Waals surface area (Å²) in [4.78, 5) is 25.5. The number of pyridine rings is 1. The molecule has 5 rings (SSSR count). The second-order valence-corrected chi connectivity index (χ2v) is 8.29. The first kappa shape index (κ1) is 20.9. The van der Waals surface area contributed by atoms with Crippen LogP contribution in [0.25, 0.3) is 16.8 Å². The van der Waals surface area contributed by atoms with Crippen LogP contribution in [-0.2, 0) is 11.8 Å². The highest BCUT2D eigenvalue weighted by atomic mass is 16.6. The van der Waals surface area contributed by atoms with E-state index in [-0.39, 0.29) is 6.09 Å². The minimum absolute atomic E-state index is 0.318. The third-order valence-electron chi connectivity index (χ3n) is 5.87. The van der Waals surface area contributed by atoms with Gasteiger partial charge in [-0.25, -0.2) is 9.78 Å². The van der Waals surface area contributed by atoms with Crippen molar-refractivity contribution in [1.82, 2.24) is 34.3 Å². The average Bonchev–Trinajstić information content (AvgIpc) is 3.45. The van der Waals surface area contributed by atoms with E-state index in [0.717, 1.165) is 33.8 Å². The summed E-state index contributed by atoms with van der Waals surface area (Å²) in [6.45, 7) is 6.29. The van der Waals surface area contributed by atoms with E-state index < -0.39 is 6.10 Å². The second-order valence-electron chi connectivity index (χ2n) is 8.29. The molecule has 0 N–H and O–H groups in total. The standard InChI is InChI=1S/C23H26N8O2/c1-16-4-5-20(24-11-16)17(2)33-23(32)30-8-6-29(7-9-30)22-14-25-21-10-18(12-27-31(21)22)19-13-26-28(3)15-19/h4-5,10-15,17H,6-9H2,1-3H3/t17-/m1/s1. The first-order valence-corrected chi connectivity index (χ1v) is 10.9. The molecular formula is C23H26N8O2. The summed E-state index contributed by atoms with van der Waals surface area (Å²) in [5.74, 6) is 0.910. The molecule has 10 heteroatoms. The molecule has 1 fully saturated rings. The summed E-state index contributed by atoms with van der Waals surface area (Å²) in [5, 5.41) is 8.82. The van der Waals surface area contributed by atoms with Crippen molar-refractivity contribution in [3.05, 3.63) is 60.4 Å². The molecular weight excluding hydrogens is 420 g/mol. The lowest BCUT2D eigenvalue weighted by molar-refractivity contribution is 0.0664. The number of carbonyl (C=O) groups is 1. The third-order valence-corrected chi connectivity index (χ3v) is 5.87. The van der Waals surface area contributed by atoms with Gasteiger partial charge in [-0.1, -0.05) is 6.07 Å². The van der Waals surface area contributed by atoms with E-state index in [1.165, 1.54) is 0 Å². The topological polar surface area (TPSA) is 93.7 Å². The molecule has 1 aliphatic rings. The Kier molecular flexibility index (Phi) is 5.41. The van der Waals surface area contributed by atoms with E-state index in [1.807, 2.05) is 68.4 Å². The van der Waals surface area contributed by atoms with Crippen molar-refractivity contribution in [2.45, 2.75) is 20.0 Å². The fraction of sp³-hybridized carbons (Fsp3) is 0.348. The number of carbonyl (C=O) groups excluding carboxylic acids is 1. The minimum Gasteiger partial charge on any atom is -0.440 e. The van der Waals surface area contributed by atoms with E-state index in [0.29, 0.717) is 26.2 Å². The molecule has 1 saturated heterocycles. The Morgan fingerprint density at radius 1 is 1.00 bits per heavy atom. The predicted molar refractivity (Wildman–Crippen MR) is 123 cm³/mol. The van der Waals surface area contributed by atoms with E-state index in [2.05, 4.69) is 25.1 Å². The molecule has 4 aromatic rings. The van der Waals surface area contributed by atoms with Gasteiger partial charge < -0.3 is 14.5 Å². The molecule has 1 aliphatic heterocycles. The lowest BCUT2D eigenvalue weighted by Gasteiger charge is -2.35. The van der Waals surface area contributed by atoms with Gasteiger partial charge >= 0.3 is 6.09 Å². The maximum absolute atomic E-state index is 12.6. The van der Waals surface area contributed by atoms with Crippen LogP contribution in [0.1, 0.15) is 24.3 Å². The largest absolute Gasteiger partial charge is 0.440 e. The van der Waals surface area contributed by atoms with Crippen LogP contribution in [0.3, 0.4) is 0 Å². The molecule has 10 nitrogen and oxygen atoms in total. The molecule has 0 spiro atoms. The van der Waals surface area contributed by atoms with Crippen molar-refractivity contribution >= 4 is 17.6 Å². The maximum atomic E-state index is 12.6. The van der Waals surface area contributed by atoms with Gasteiger partial charge in [0.15, 0.2) is 11.5 Å². The number of rotatable bonds is 4. The Balaban J connectivity index is 1.22. The number of aryl methyl sites for hydroxylation is 2. The van der Waals surface area contributed by atoms with Crippen molar-refractivity contribution in [1.29, 1.82) is 0 Å². The van der Waals surface area contributed by atoms with Gasteiger partial charge in [-0.2, -0.15) is 14.7 Å². The highest BCUT2D eigenvalue weighted by molar-refractivity contribution is 5.69. The molecule has 0 aliphatic carbocycles. The average molecular weight is 447 g/mol. The fourth-order valence-corrected chi connectivity index (χ4v) is 3.93. The number of fused-ring (bicyclic) bond motifs is 1. The molecule has 1 amide bonds. The Labute approximate surface area is 191 Å². The van der Waals surface area contributed by atoms with Crippen molar-refractivity contribution in [3.63, 3.8) is 0 Å². The van der Waals surface area contributed by atoms with Gasteiger partial charge in [-0.15, -0.1) is 0 Å². The molecule has 33 heavy (non-hydrogen) atoms. The summed E-state index contributed by atoms with van der Waals surface area (Å²) in [7, 11) is 1.89. The molecule has 5 heterocycles. The monoisotopic (exact) mass is 446 g/mol. The van der Waals surface area contributed by atoms with E-state index in [1.54, 1.807) is 15.8 Å². The van der Waals surface area contributed by atoms with Crippen molar-refractivity contribution in [2.75, 3.05) is 31.1 Å². The van der Waals surface area contributed by atoms with Crippen LogP contribution in [0, 0.1) is 6.92 Å². The van der Waals surface area contributed by atoms with E-state index in [4.69, 9.17) is 4.74 Å². The van der Waals surface area contributed by atoms with Crippen LogP contribution in [0.5, 0.6) is 0 Å². The van der Waals surface area contributed by atoms with Crippen LogP contribution in [0.4, 0.5) is 10.6 Å². The molecule has 0 radical (unpaired) electrons. The first-order valence-electron chi connectivity index (χ1n) is 10.9. The lowest BCUT2D eigenvalue weighted by Crippen LogP contribution is -2.49. The zero-order valence-electron chi connectivity index (χ0n) is 18.9. The second kappa shape index (κ2) is 8.53. The minimum atomic E-state index is -0.395. The van der Waals surface area contributed by atoms with Gasteiger partial charge in [0, 0.05) is 56.7 Å². The number of hydrogen-bond donors (Lipinski definition) is 0. The summed E-state index contributed by atoms with van der Waals surface area (Å²) in [6.07, 6.45) is 8.48. The highest BCUT2D eigenvalue weighted by Crippen LogP contribution is 2.23. The highest BCUT2D eigenvalue weighted by Gasteiger charge is 2.26. The summed E-state index contributed by atoms with van der Waals surface area (Å²) in [6, 6.07) is 5.86. The molecule has 0 aromatic carbocycles. The molecule has 0 bridgehead atoms. The molecule has 170 valence electrons. The zero-order chi connectivity index (χ0) is 22.9. The number of hydrogen-bond acceptors (Lipinski definition) is 7. The van der Waals surface area contributed by atoms with E-state index in [9.17, 15) is 4.79 Å². The molecule has 4 aromatic heterocycles. The number of amides is 1. The zero-order valence-corrected chi connectivity index (χ0v) is 18.9. The number of ether oxygens (including phenoxy) is 1. The predicted octanol–water partition coefficient (Wildman–Crippen LogP) is 2.85. The summed E-state index contributed by atoms with van der Waals surface area (Å²) < 4.78 is 9.23. The number of imidazole rings is 1. The third kappa shape index (κ3) is 4.23. The quantitative estimate of drug-likeness (QED) is 0.476. The van der Waals surface area contributed by atoms with Crippen molar-refractivity contribution in [2.24, 2.45) is 7.05 Å². The summed E-state index contributed by atoms with van der Waals surface area (Å²) in [5.41, 5.74) is 4.56. The molecule has 0 saturated carbocycles. The Bertz CT molecular complexity index is 1270.